The third kappa shape index (κ3) is 3.16. The quantitative estimate of drug-likeness (QED) is 0.710. The van der Waals surface area contributed by atoms with Gasteiger partial charge in [0.25, 0.3) is 5.91 Å². The van der Waals surface area contributed by atoms with Crippen molar-refractivity contribution in [3.05, 3.63) is 59.4 Å². The van der Waals surface area contributed by atoms with Crippen LogP contribution in [0, 0.1) is 13.8 Å². The summed E-state index contributed by atoms with van der Waals surface area (Å²) in [4.78, 5) is 17.4. The SMILES string of the molecule is Cc1ccc(-c2nc3ccc(C)cn3c2C(=O)NCCCO)cc1. The average Bonchev–Trinajstić information content (AvgIpc) is 2.94. The number of aliphatic hydroxyl groups excluding tert-OH is 1. The van der Waals surface area contributed by atoms with E-state index >= 15 is 0 Å². The monoisotopic (exact) mass is 323 g/mol. The molecule has 5 nitrogen and oxygen atoms in total. The van der Waals surface area contributed by atoms with Crippen LogP contribution in [0.2, 0.25) is 0 Å². The minimum Gasteiger partial charge on any atom is -0.396 e. The molecule has 0 aliphatic carbocycles. The molecule has 0 saturated heterocycles. The molecule has 24 heavy (non-hydrogen) atoms. The standard InChI is InChI=1S/C19H21N3O2/c1-13-4-7-15(8-5-13)17-18(19(24)20-10-3-11-23)22-12-14(2)6-9-16(22)21-17/h4-9,12,23H,3,10-11H2,1-2H3,(H,20,24). The van der Waals surface area contributed by atoms with Crippen LogP contribution in [-0.4, -0.2) is 33.6 Å². The largest absolute Gasteiger partial charge is 0.396 e. The highest BCUT2D eigenvalue weighted by Gasteiger charge is 2.20. The Labute approximate surface area is 141 Å². The molecule has 1 aromatic carbocycles. The van der Waals surface area contributed by atoms with Crippen molar-refractivity contribution in [3.8, 4) is 11.3 Å². The average molecular weight is 323 g/mol. The van der Waals surface area contributed by atoms with Gasteiger partial charge in [-0.2, -0.15) is 0 Å². The van der Waals surface area contributed by atoms with E-state index in [1.165, 1.54) is 0 Å². The summed E-state index contributed by atoms with van der Waals surface area (Å²) in [6, 6.07) is 11.9. The minimum absolute atomic E-state index is 0.0529. The zero-order valence-electron chi connectivity index (χ0n) is 13.9. The highest BCUT2D eigenvalue weighted by molar-refractivity contribution is 5.99. The molecule has 0 atom stereocenters. The number of nitrogens with one attached hydrogen (secondary N) is 1. The molecule has 1 amide bonds. The first-order chi connectivity index (χ1) is 11.6. The molecule has 0 saturated carbocycles. The van der Waals surface area contributed by atoms with Gasteiger partial charge in [0, 0.05) is 24.9 Å². The van der Waals surface area contributed by atoms with E-state index in [0.29, 0.717) is 24.4 Å². The summed E-state index contributed by atoms with van der Waals surface area (Å²) in [7, 11) is 0. The van der Waals surface area contributed by atoms with Crippen molar-refractivity contribution in [2.24, 2.45) is 0 Å². The predicted octanol–water partition coefficient (Wildman–Crippen LogP) is 2.73. The van der Waals surface area contributed by atoms with Gasteiger partial charge < -0.3 is 10.4 Å². The molecule has 3 aromatic rings. The maximum absolute atomic E-state index is 12.7. The molecule has 0 radical (unpaired) electrons. The van der Waals surface area contributed by atoms with E-state index in [-0.39, 0.29) is 12.5 Å². The molecule has 2 aromatic heterocycles. The van der Waals surface area contributed by atoms with Crippen molar-refractivity contribution in [1.82, 2.24) is 14.7 Å². The van der Waals surface area contributed by atoms with Crippen molar-refractivity contribution in [3.63, 3.8) is 0 Å². The van der Waals surface area contributed by atoms with Crippen molar-refractivity contribution >= 4 is 11.6 Å². The molecular weight excluding hydrogens is 302 g/mol. The van der Waals surface area contributed by atoms with Gasteiger partial charge in [0.15, 0.2) is 0 Å². The maximum Gasteiger partial charge on any atom is 0.270 e. The lowest BCUT2D eigenvalue weighted by molar-refractivity contribution is 0.0946. The fourth-order valence-electron chi connectivity index (χ4n) is 2.65. The normalized spacial score (nSPS) is 11.0. The van der Waals surface area contributed by atoms with Crippen LogP contribution < -0.4 is 5.32 Å². The van der Waals surface area contributed by atoms with Gasteiger partial charge >= 0.3 is 0 Å². The number of imidazole rings is 1. The molecular formula is C19H21N3O2. The Morgan fingerprint density at radius 3 is 2.54 bits per heavy atom. The minimum atomic E-state index is -0.183. The molecule has 0 aliphatic heterocycles. The van der Waals surface area contributed by atoms with Gasteiger partial charge in [-0.1, -0.05) is 35.9 Å². The zero-order valence-corrected chi connectivity index (χ0v) is 13.9. The molecule has 0 spiro atoms. The van der Waals surface area contributed by atoms with E-state index in [1.54, 1.807) is 0 Å². The van der Waals surface area contributed by atoms with Gasteiger partial charge in [-0.15, -0.1) is 0 Å². The van der Waals surface area contributed by atoms with Crippen LogP contribution in [0.3, 0.4) is 0 Å². The van der Waals surface area contributed by atoms with Crippen LogP contribution in [-0.2, 0) is 0 Å². The topological polar surface area (TPSA) is 66.6 Å². The summed E-state index contributed by atoms with van der Waals surface area (Å²) in [6.07, 6.45) is 2.45. The number of aryl methyl sites for hydroxylation is 2. The van der Waals surface area contributed by atoms with Gasteiger partial charge in [0.2, 0.25) is 0 Å². The highest BCUT2D eigenvalue weighted by atomic mass is 16.3. The van der Waals surface area contributed by atoms with Gasteiger partial charge in [-0.25, -0.2) is 4.98 Å². The molecule has 0 aliphatic rings. The van der Waals surface area contributed by atoms with Crippen molar-refractivity contribution in [1.29, 1.82) is 0 Å². The van der Waals surface area contributed by atoms with Gasteiger partial charge in [0.05, 0.1) is 0 Å². The first-order valence-corrected chi connectivity index (χ1v) is 8.05. The Balaban J connectivity index is 2.11. The van der Waals surface area contributed by atoms with Crippen LogP contribution in [0.15, 0.2) is 42.6 Å². The number of fused-ring (bicyclic) bond motifs is 1. The van der Waals surface area contributed by atoms with Crippen molar-refractivity contribution in [2.45, 2.75) is 20.3 Å². The Kier molecular flexibility index (Phi) is 4.62. The number of rotatable bonds is 5. The van der Waals surface area contributed by atoms with Crippen LogP contribution in [0.5, 0.6) is 0 Å². The summed E-state index contributed by atoms with van der Waals surface area (Å²) in [5.74, 6) is -0.183. The molecule has 3 rings (SSSR count). The zero-order chi connectivity index (χ0) is 17.1. The summed E-state index contributed by atoms with van der Waals surface area (Å²) in [6.45, 7) is 4.50. The third-order valence-corrected chi connectivity index (χ3v) is 3.93. The maximum atomic E-state index is 12.7. The van der Waals surface area contributed by atoms with Crippen LogP contribution in [0.4, 0.5) is 0 Å². The number of pyridine rings is 1. The Morgan fingerprint density at radius 1 is 1.12 bits per heavy atom. The molecule has 0 bridgehead atoms. The third-order valence-electron chi connectivity index (χ3n) is 3.93. The van der Waals surface area contributed by atoms with E-state index in [9.17, 15) is 4.79 Å². The summed E-state index contributed by atoms with van der Waals surface area (Å²) >= 11 is 0. The number of aliphatic hydroxyl groups is 1. The number of carbonyl (C=O) groups is 1. The lowest BCUT2D eigenvalue weighted by Crippen LogP contribution is -2.26. The summed E-state index contributed by atoms with van der Waals surface area (Å²) in [5.41, 5.74) is 5.06. The van der Waals surface area contributed by atoms with Crippen molar-refractivity contribution < 1.29 is 9.90 Å². The summed E-state index contributed by atoms with van der Waals surface area (Å²) < 4.78 is 1.83. The Bertz CT molecular complexity index is 866. The fraction of sp³-hybridized carbons (Fsp3) is 0.263. The number of benzene rings is 1. The number of hydrogen-bond donors (Lipinski definition) is 2. The van der Waals surface area contributed by atoms with E-state index in [1.807, 2.05) is 60.8 Å². The lowest BCUT2D eigenvalue weighted by Gasteiger charge is -2.07. The predicted molar refractivity (Wildman–Crippen MR) is 94.1 cm³/mol. The van der Waals surface area contributed by atoms with Gasteiger partial charge in [0.1, 0.15) is 17.0 Å². The number of amides is 1. The second kappa shape index (κ2) is 6.84. The number of aromatic nitrogens is 2. The Hall–Kier alpha value is -2.66. The smallest absolute Gasteiger partial charge is 0.270 e. The highest BCUT2D eigenvalue weighted by Crippen LogP contribution is 2.25. The molecule has 5 heteroatoms. The lowest BCUT2D eigenvalue weighted by atomic mass is 10.1. The number of hydrogen-bond acceptors (Lipinski definition) is 3. The fourth-order valence-corrected chi connectivity index (χ4v) is 2.65. The second-order valence-corrected chi connectivity index (χ2v) is 5.94. The second-order valence-electron chi connectivity index (χ2n) is 5.94. The number of nitrogens with zero attached hydrogens (tertiary/aromatic N) is 2. The number of carbonyl (C=O) groups excluding carboxylic acids is 1. The van der Waals surface area contributed by atoms with E-state index in [2.05, 4.69) is 10.3 Å². The molecule has 0 unspecified atom stereocenters. The van der Waals surface area contributed by atoms with E-state index < -0.39 is 0 Å². The first-order valence-electron chi connectivity index (χ1n) is 8.05. The summed E-state index contributed by atoms with van der Waals surface area (Å²) in [5, 5.41) is 11.8. The molecule has 0 fully saturated rings. The first kappa shape index (κ1) is 16.2. The molecule has 124 valence electrons. The van der Waals surface area contributed by atoms with Gasteiger partial charge in [-0.05, 0) is 31.9 Å². The van der Waals surface area contributed by atoms with Crippen molar-refractivity contribution in [2.75, 3.05) is 13.2 Å². The van der Waals surface area contributed by atoms with E-state index in [4.69, 9.17) is 5.11 Å². The van der Waals surface area contributed by atoms with Crippen LogP contribution in [0.25, 0.3) is 16.9 Å². The van der Waals surface area contributed by atoms with Crippen LogP contribution in [0.1, 0.15) is 28.0 Å². The Morgan fingerprint density at radius 2 is 1.83 bits per heavy atom. The molecule has 2 heterocycles. The molecule has 2 N–H and O–H groups in total. The van der Waals surface area contributed by atoms with E-state index in [0.717, 1.165) is 22.3 Å². The van der Waals surface area contributed by atoms with Crippen LogP contribution >= 0.6 is 0 Å². The van der Waals surface area contributed by atoms with Gasteiger partial charge in [-0.3, -0.25) is 9.20 Å².